The molecule has 0 radical (unpaired) electrons. The highest BCUT2D eigenvalue weighted by Gasteiger charge is 2.29. The van der Waals surface area contributed by atoms with E-state index in [1.807, 2.05) is 24.3 Å². The molecule has 1 fully saturated rings. The van der Waals surface area contributed by atoms with Crippen LogP contribution >= 0.6 is 0 Å². The second kappa shape index (κ2) is 7.51. The summed E-state index contributed by atoms with van der Waals surface area (Å²) in [6.07, 6.45) is 4.06. The van der Waals surface area contributed by atoms with E-state index in [1.54, 1.807) is 22.6 Å². The molecule has 0 saturated carbocycles. The van der Waals surface area contributed by atoms with E-state index in [2.05, 4.69) is 0 Å². The minimum Gasteiger partial charge on any atom is -0.466 e. The van der Waals surface area contributed by atoms with E-state index in [-0.39, 0.29) is 24.3 Å². The number of benzene rings is 1. The molecular weight excluding hydrogens is 320 g/mol. The summed E-state index contributed by atoms with van der Waals surface area (Å²) < 4.78 is 6.88. The van der Waals surface area contributed by atoms with E-state index in [1.165, 1.54) is 0 Å². The molecule has 132 valence electrons. The fourth-order valence-corrected chi connectivity index (χ4v) is 3.40. The molecule has 1 amide bonds. The Bertz CT molecular complexity index is 796. The molecule has 3 rings (SSSR count). The molecule has 1 saturated heterocycles. The summed E-state index contributed by atoms with van der Waals surface area (Å²) in [5.74, 6) is -0.522. The zero-order valence-corrected chi connectivity index (χ0v) is 14.3. The number of piperidine rings is 1. The number of carbonyl (C=O) groups is 3. The quantitative estimate of drug-likeness (QED) is 0.617. The van der Waals surface area contributed by atoms with Crippen molar-refractivity contribution in [1.29, 1.82) is 0 Å². The Hall–Kier alpha value is -2.63. The van der Waals surface area contributed by atoms with Crippen molar-refractivity contribution in [2.75, 3.05) is 19.7 Å². The number of likely N-dealkylation sites (tertiary alicyclic amines) is 1. The van der Waals surface area contributed by atoms with Crippen LogP contribution in [-0.2, 0) is 20.9 Å². The Morgan fingerprint density at radius 1 is 1.32 bits per heavy atom. The number of esters is 1. The van der Waals surface area contributed by atoms with E-state index >= 15 is 0 Å². The molecule has 0 aliphatic carbocycles. The van der Waals surface area contributed by atoms with Crippen LogP contribution in [0.15, 0.2) is 30.5 Å². The lowest BCUT2D eigenvalue weighted by atomic mass is 9.98. The summed E-state index contributed by atoms with van der Waals surface area (Å²) in [7, 11) is 0. The number of carbonyl (C=O) groups excluding carboxylic acids is 3. The molecule has 0 unspecified atom stereocenters. The number of rotatable bonds is 5. The van der Waals surface area contributed by atoms with Gasteiger partial charge in [-0.15, -0.1) is 0 Å². The third-order valence-corrected chi connectivity index (χ3v) is 4.65. The van der Waals surface area contributed by atoms with Crippen LogP contribution in [0.1, 0.15) is 30.1 Å². The van der Waals surface area contributed by atoms with Gasteiger partial charge in [0.25, 0.3) is 0 Å². The number of hydrogen-bond donors (Lipinski definition) is 0. The molecule has 0 bridgehead atoms. The molecule has 2 heterocycles. The molecule has 0 spiro atoms. The number of para-hydroxylation sites is 1. The first-order chi connectivity index (χ1) is 12.1. The molecule has 1 aromatic carbocycles. The van der Waals surface area contributed by atoms with Gasteiger partial charge in [-0.25, -0.2) is 0 Å². The molecule has 25 heavy (non-hydrogen) atoms. The molecule has 2 aromatic rings. The van der Waals surface area contributed by atoms with E-state index in [0.29, 0.717) is 25.3 Å². The number of aldehydes is 1. The smallest absolute Gasteiger partial charge is 0.310 e. The molecule has 1 aliphatic heterocycles. The Balaban J connectivity index is 1.74. The zero-order valence-electron chi connectivity index (χ0n) is 14.3. The lowest BCUT2D eigenvalue weighted by Crippen LogP contribution is -2.44. The SMILES string of the molecule is CCOC(=O)[C@H]1CCCN(C(=O)Cn2cc(C=O)c3ccccc32)C1. The number of ether oxygens (including phenoxy) is 1. The van der Waals surface area contributed by atoms with Gasteiger partial charge in [0.05, 0.1) is 12.5 Å². The van der Waals surface area contributed by atoms with E-state index < -0.39 is 0 Å². The molecule has 1 aliphatic rings. The monoisotopic (exact) mass is 342 g/mol. The third kappa shape index (κ3) is 3.57. The van der Waals surface area contributed by atoms with Crippen molar-refractivity contribution < 1.29 is 19.1 Å². The van der Waals surface area contributed by atoms with Crippen molar-refractivity contribution >= 4 is 29.1 Å². The molecular formula is C19H22N2O4. The molecule has 1 aromatic heterocycles. The average Bonchev–Trinajstić information content (AvgIpc) is 3.00. The van der Waals surface area contributed by atoms with Gasteiger partial charge in [0, 0.05) is 35.8 Å². The number of nitrogens with zero attached hydrogens (tertiary/aromatic N) is 2. The lowest BCUT2D eigenvalue weighted by molar-refractivity contribution is -0.151. The molecule has 6 nitrogen and oxygen atoms in total. The van der Waals surface area contributed by atoms with Gasteiger partial charge >= 0.3 is 5.97 Å². The van der Waals surface area contributed by atoms with Gasteiger partial charge in [0.2, 0.25) is 5.91 Å². The van der Waals surface area contributed by atoms with Crippen LogP contribution in [0.25, 0.3) is 10.9 Å². The Kier molecular flexibility index (Phi) is 5.16. The Labute approximate surface area is 146 Å². The van der Waals surface area contributed by atoms with Crippen molar-refractivity contribution in [2.24, 2.45) is 5.92 Å². The second-order valence-electron chi connectivity index (χ2n) is 6.28. The maximum atomic E-state index is 12.7. The summed E-state index contributed by atoms with van der Waals surface area (Å²) in [5.41, 5.74) is 1.43. The van der Waals surface area contributed by atoms with Crippen LogP contribution in [0, 0.1) is 5.92 Å². The second-order valence-corrected chi connectivity index (χ2v) is 6.28. The van der Waals surface area contributed by atoms with Crippen LogP contribution in [0.3, 0.4) is 0 Å². The van der Waals surface area contributed by atoms with Crippen molar-refractivity contribution in [1.82, 2.24) is 9.47 Å². The maximum Gasteiger partial charge on any atom is 0.310 e. The van der Waals surface area contributed by atoms with Crippen LogP contribution in [0.2, 0.25) is 0 Å². The van der Waals surface area contributed by atoms with Gasteiger partial charge in [0.1, 0.15) is 6.54 Å². The minimum absolute atomic E-state index is 0.0489. The van der Waals surface area contributed by atoms with Gasteiger partial charge in [0.15, 0.2) is 6.29 Å². The summed E-state index contributed by atoms with van der Waals surface area (Å²) in [6, 6.07) is 7.52. The first-order valence-electron chi connectivity index (χ1n) is 8.61. The van der Waals surface area contributed by atoms with Crippen LogP contribution < -0.4 is 0 Å². The van der Waals surface area contributed by atoms with Crippen molar-refractivity contribution in [3.8, 4) is 0 Å². The maximum absolute atomic E-state index is 12.7. The fraction of sp³-hybridized carbons (Fsp3) is 0.421. The first-order valence-corrected chi connectivity index (χ1v) is 8.61. The summed E-state index contributed by atoms with van der Waals surface area (Å²) in [6.45, 7) is 3.34. The number of hydrogen-bond acceptors (Lipinski definition) is 4. The lowest BCUT2D eigenvalue weighted by Gasteiger charge is -2.31. The minimum atomic E-state index is -0.246. The van der Waals surface area contributed by atoms with Crippen molar-refractivity contribution in [3.05, 3.63) is 36.0 Å². The summed E-state index contributed by atoms with van der Waals surface area (Å²) >= 11 is 0. The van der Waals surface area contributed by atoms with Crippen molar-refractivity contribution in [2.45, 2.75) is 26.3 Å². The van der Waals surface area contributed by atoms with Gasteiger partial charge < -0.3 is 14.2 Å². The summed E-state index contributed by atoms with van der Waals surface area (Å²) in [4.78, 5) is 37.6. The topological polar surface area (TPSA) is 68.6 Å². The van der Waals surface area contributed by atoms with E-state index in [0.717, 1.165) is 30.0 Å². The number of amides is 1. The highest BCUT2D eigenvalue weighted by molar-refractivity contribution is 5.98. The molecule has 1 atom stereocenters. The van der Waals surface area contributed by atoms with Crippen LogP contribution in [0.4, 0.5) is 0 Å². The standard InChI is InChI=1S/C19H22N2O4/c1-2-25-19(24)14-6-5-9-20(10-14)18(23)12-21-11-15(13-22)16-7-3-4-8-17(16)21/h3-4,7-8,11,13-14H,2,5-6,9-10,12H2,1H3/t14-/m0/s1. The first kappa shape index (κ1) is 17.2. The van der Waals surface area contributed by atoms with Gasteiger partial charge in [-0.2, -0.15) is 0 Å². The number of aromatic nitrogens is 1. The van der Waals surface area contributed by atoms with Crippen LogP contribution in [0.5, 0.6) is 0 Å². The van der Waals surface area contributed by atoms with E-state index in [4.69, 9.17) is 4.74 Å². The third-order valence-electron chi connectivity index (χ3n) is 4.65. The Morgan fingerprint density at radius 2 is 2.12 bits per heavy atom. The largest absolute Gasteiger partial charge is 0.466 e. The number of fused-ring (bicyclic) bond motifs is 1. The zero-order chi connectivity index (χ0) is 17.8. The van der Waals surface area contributed by atoms with E-state index in [9.17, 15) is 14.4 Å². The highest BCUT2D eigenvalue weighted by atomic mass is 16.5. The normalized spacial score (nSPS) is 17.5. The predicted molar refractivity (Wildman–Crippen MR) is 93.3 cm³/mol. The highest BCUT2D eigenvalue weighted by Crippen LogP contribution is 2.22. The molecule has 0 N–H and O–H groups in total. The van der Waals surface area contributed by atoms with Gasteiger partial charge in [-0.3, -0.25) is 14.4 Å². The van der Waals surface area contributed by atoms with Crippen molar-refractivity contribution in [3.63, 3.8) is 0 Å². The van der Waals surface area contributed by atoms with Crippen LogP contribution in [-0.4, -0.2) is 47.3 Å². The summed E-state index contributed by atoms with van der Waals surface area (Å²) in [5, 5.41) is 0.841. The Morgan fingerprint density at radius 3 is 2.88 bits per heavy atom. The van der Waals surface area contributed by atoms with Gasteiger partial charge in [-0.1, -0.05) is 18.2 Å². The predicted octanol–water partition coefficient (Wildman–Crippen LogP) is 2.26. The average molecular weight is 342 g/mol. The fourth-order valence-electron chi connectivity index (χ4n) is 3.40. The molecule has 6 heteroatoms. The van der Waals surface area contributed by atoms with Gasteiger partial charge in [-0.05, 0) is 25.8 Å².